The molecule has 1 atom stereocenters. The quantitative estimate of drug-likeness (QED) is 0.461. The van der Waals surface area contributed by atoms with E-state index < -0.39 is 0 Å². The average molecular weight is 488 g/mol. The van der Waals surface area contributed by atoms with E-state index in [2.05, 4.69) is 63.6 Å². The van der Waals surface area contributed by atoms with Crippen LogP contribution < -0.4 is 20.0 Å². The second kappa shape index (κ2) is 11.3. The van der Waals surface area contributed by atoms with E-state index in [-0.39, 0.29) is 6.10 Å². The summed E-state index contributed by atoms with van der Waals surface area (Å²) in [4.78, 5) is 29.0. The van der Waals surface area contributed by atoms with Crippen molar-refractivity contribution in [1.82, 2.24) is 24.9 Å². The number of piperidine rings is 1. The fraction of sp³-hybridized carbons (Fsp3) is 0.423. The smallest absolute Gasteiger partial charge is 0.231 e. The van der Waals surface area contributed by atoms with Crippen LogP contribution in [0.4, 0.5) is 29.2 Å². The van der Waals surface area contributed by atoms with Crippen LogP contribution in [0.5, 0.6) is 0 Å². The molecule has 2 fully saturated rings. The van der Waals surface area contributed by atoms with Crippen LogP contribution in [0.1, 0.15) is 24.8 Å². The van der Waals surface area contributed by atoms with Crippen molar-refractivity contribution in [2.24, 2.45) is 0 Å². The molecule has 5 rings (SSSR count). The van der Waals surface area contributed by atoms with Gasteiger partial charge in [0.05, 0.1) is 6.10 Å². The molecule has 0 unspecified atom stereocenters. The molecule has 10 nitrogen and oxygen atoms in total. The van der Waals surface area contributed by atoms with Gasteiger partial charge in [-0.3, -0.25) is 0 Å². The summed E-state index contributed by atoms with van der Waals surface area (Å²) in [5.74, 6) is 1.94. The van der Waals surface area contributed by atoms with Crippen LogP contribution in [0, 0.1) is 0 Å². The molecule has 0 saturated carbocycles. The first-order valence-electron chi connectivity index (χ1n) is 12.6. The van der Waals surface area contributed by atoms with Crippen molar-refractivity contribution in [3.63, 3.8) is 0 Å². The summed E-state index contributed by atoms with van der Waals surface area (Å²) in [6, 6.07) is 8.16. The monoisotopic (exact) mass is 487 g/mol. The first-order valence-corrected chi connectivity index (χ1v) is 12.6. The van der Waals surface area contributed by atoms with Crippen molar-refractivity contribution in [2.45, 2.75) is 31.8 Å². The zero-order chi connectivity index (χ0) is 24.7. The van der Waals surface area contributed by atoms with Gasteiger partial charge < -0.3 is 25.1 Å². The number of benzene rings is 1. The lowest BCUT2D eigenvalue weighted by Crippen LogP contribution is -2.47. The molecular weight excluding hydrogens is 454 g/mol. The van der Waals surface area contributed by atoms with E-state index in [0.29, 0.717) is 18.4 Å². The number of anilines is 5. The van der Waals surface area contributed by atoms with Gasteiger partial charge in [-0.05, 0) is 55.5 Å². The van der Waals surface area contributed by atoms with Crippen molar-refractivity contribution in [3.8, 4) is 0 Å². The first-order chi connectivity index (χ1) is 17.7. The lowest BCUT2D eigenvalue weighted by Gasteiger charge is -2.34. The van der Waals surface area contributed by atoms with Gasteiger partial charge >= 0.3 is 0 Å². The number of aliphatic hydroxyl groups excluding tert-OH is 1. The zero-order valence-corrected chi connectivity index (χ0v) is 20.5. The number of rotatable bonds is 8. The van der Waals surface area contributed by atoms with Gasteiger partial charge in [-0.1, -0.05) is 6.08 Å². The third-order valence-corrected chi connectivity index (χ3v) is 6.62. The molecule has 0 aliphatic carbocycles. The molecule has 3 aromatic rings. The minimum atomic E-state index is -0.248. The van der Waals surface area contributed by atoms with E-state index >= 15 is 0 Å². The number of aromatic nitrogens is 5. The third kappa shape index (κ3) is 5.88. The van der Waals surface area contributed by atoms with Crippen LogP contribution >= 0.6 is 0 Å². The molecule has 36 heavy (non-hydrogen) atoms. The highest BCUT2D eigenvalue weighted by Gasteiger charge is 2.21. The van der Waals surface area contributed by atoms with Crippen LogP contribution in [0.15, 0.2) is 55.6 Å². The van der Waals surface area contributed by atoms with Gasteiger partial charge in [-0.15, -0.1) is 6.58 Å². The normalized spacial score (nSPS) is 18.2. The highest BCUT2D eigenvalue weighted by molar-refractivity contribution is 5.60. The minimum absolute atomic E-state index is 0.248. The van der Waals surface area contributed by atoms with Crippen molar-refractivity contribution < 1.29 is 5.11 Å². The minimum Gasteiger partial charge on any atom is -0.391 e. The number of aliphatic hydroxyl groups is 1. The predicted octanol–water partition coefficient (Wildman–Crippen LogP) is 2.81. The number of nitrogens with zero attached hydrogens (tertiary/aromatic N) is 8. The van der Waals surface area contributed by atoms with Crippen LogP contribution in [0.25, 0.3) is 0 Å². The van der Waals surface area contributed by atoms with Gasteiger partial charge in [0.25, 0.3) is 0 Å². The largest absolute Gasteiger partial charge is 0.391 e. The van der Waals surface area contributed by atoms with Crippen LogP contribution in [-0.4, -0.2) is 75.4 Å². The first kappa shape index (κ1) is 23.9. The Balaban J connectivity index is 1.16. The lowest BCUT2D eigenvalue weighted by atomic mass is 10.1. The van der Waals surface area contributed by atoms with E-state index in [9.17, 15) is 5.11 Å². The summed E-state index contributed by atoms with van der Waals surface area (Å²) in [5.41, 5.74) is 3.15. The maximum atomic E-state index is 9.94. The summed E-state index contributed by atoms with van der Waals surface area (Å²) in [6.07, 6.45) is 10.8. The molecule has 188 valence electrons. The van der Waals surface area contributed by atoms with Crippen molar-refractivity contribution in [3.05, 3.63) is 61.2 Å². The van der Waals surface area contributed by atoms with Gasteiger partial charge in [0.15, 0.2) is 0 Å². The Morgan fingerprint density at radius 3 is 2.33 bits per heavy atom. The highest BCUT2D eigenvalue weighted by Crippen LogP contribution is 2.23. The fourth-order valence-electron chi connectivity index (χ4n) is 4.59. The Kier molecular flexibility index (Phi) is 7.51. The Hall–Kier alpha value is -3.79. The topological polar surface area (TPSA) is 106 Å². The summed E-state index contributed by atoms with van der Waals surface area (Å²) in [6.45, 7) is 8.58. The Bertz CT molecular complexity index is 1130. The van der Waals surface area contributed by atoms with Crippen LogP contribution in [-0.2, 0) is 6.42 Å². The number of hydrogen-bond donors (Lipinski definition) is 2. The molecule has 0 amide bonds. The maximum absolute atomic E-state index is 9.94. The van der Waals surface area contributed by atoms with Crippen molar-refractivity contribution in [1.29, 1.82) is 0 Å². The van der Waals surface area contributed by atoms with Gasteiger partial charge in [0, 0.05) is 63.0 Å². The van der Waals surface area contributed by atoms with E-state index in [1.807, 2.05) is 30.6 Å². The zero-order valence-electron chi connectivity index (χ0n) is 20.5. The van der Waals surface area contributed by atoms with Crippen molar-refractivity contribution >= 4 is 29.2 Å². The standard InChI is InChI=1S/C26H33N9O/c1-2-3-5-20-16-27-25(28-17-20)33-12-14-34(15-13-33)26-30-19-29-24(32-26)31-21-7-9-22(10-8-21)35-11-4-6-23(36)18-35/h2,7-10,16-17,19,23,36H,1,3-6,11-15,18H2,(H,29,30,31,32)/t23-/m1/s1. The molecule has 2 N–H and O–H groups in total. The third-order valence-electron chi connectivity index (χ3n) is 6.62. The molecule has 2 saturated heterocycles. The highest BCUT2D eigenvalue weighted by atomic mass is 16.3. The molecule has 2 aromatic heterocycles. The molecule has 0 bridgehead atoms. The van der Waals surface area contributed by atoms with E-state index in [1.165, 1.54) is 0 Å². The van der Waals surface area contributed by atoms with Gasteiger partial charge in [-0.25, -0.2) is 19.9 Å². The van der Waals surface area contributed by atoms with Crippen LogP contribution in [0.3, 0.4) is 0 Å². The van der Waals surface area contributed by atoms with E-state index in [1.54, 1.807) is 6.33 Å². The lowest BCUT2D eigenvalue weighted by molar-refractivity contribution is 0.154. The maximum Gasteiger partial charge on any atom is 0.231 e. The van der Waals surface area contributed by atoms with E-state index in [0.717, 1.165) is 81.3 Å². The van der Waals surface area contributed by atoms with Crippen molar-refractivity contribution in [2.75, 3.05) is 59.3 Å². The Labute approximate surface area is 211 Å². The molecule has 2 aliphatic rings. The van der Waals surface area contributed by atoms with Gasteiger partial charge in [0.2, 0.25) is 17.8 Å². The summed E-state index contributed by atoms with van der Waals surface area (Å²) < 4.78 is 0. The second-order valence-electron chi connectivity index (χ2n) is 9.22. The molecule has 0 spiro atoms. The summed E-state index contributed by atoms with van der Waals surface area (Å²) >= 11 is 0. The summed E-state index contributed by atoms with van der Waals surface area (Å²) in [7, 11) is 0. The molecule has 10 heteroatoms. The predicted molar refractivity (Wildman–Crippen MR) is 142 cm³/mol. The van der Waals surface area contributed by atoms with Gasteiger partial charge in [-0.2, -0.15) is 4.98 Å². The molecule has 1 aromatic carbocycles. The number of aryl methyl sites for hydroxylation is 1. The van der Waals surface area contributed by atoms with Gasteiger partial charge in [0.1, 0.15) is 6.33 Å². The van der Waals surface area contributed by atoms with Crippen LogP contribution in [0.2, 0.25) is 0 Å². The Morgan fingerprint density at radius 2 is 1.64 bits per heavy atom. The number of hydrogen-bond acceptors (Lipinski definition) is 10. The number of allylic oxidation sites excluding steroid dienone is 1. The Morgan fingerprint density at radius 1 is 0.917 bits per heavy atom. The number of piperazine rings is 1. The second-order valence-corrected chi connectivity index (χ2v) is 9.22. The van der Waals surface area contributed by atoms with E-state index in [4.69, 9.17) is 0 Å². The number of β-amino-alcohol motifs (C(OH)–C–C–N with tert-alkyl or cyclic N) is 1. The fourth-order valence-corrected chi connectivity index (χ4v) is 4.59. The molecule has 2 aliphatic heterocycles. The number of nitrogens with one attached hydrogen (secondary N) is 1. The average Bonchev–Trinajstić information content (AvgIpc) is 2.93. The summed E-state index contributed by atoms with van der Waals surface area (Å²) in [5, 5.41) is 13.2. The molecule has 0 radical (unpaired) electrons. The molecule has 4 heterocycles. The molecular formula is C26H33N9O. The SMILES string of the molecule is C=CCCc1cnc(N2CCN(c3ncnc(Nc4ccc(N5CCC[C@@H](O)C5)cc4)n3)CC2)nc1.